The molecule has 0 radical (unpaired) electrons. The largest absolute Gasteiger partial charge is 0.496 e. The van der Waals surface area contributed by atoms with Crippen molar-refractivity contribution < 1.29 is 23.0 Å². The Balaban J connectivity index is 3.00. The third-order valence-corrected chi connectivity index (χ3v) is 2.63. The summed E-state index contributed by atoms with van der Waals surface area (Å²) in [6.45, 7) is -0.00332. The molecule has 0 unspecified atom stereocenters. The quantitative estimate of drug-likeness (QED) is 0.858. The fourth-order valence-corrected chi connectivity index (χ4v) is 1.66. The van der Waals surface area contributed by atoms with Crippen molar-refractivity contribution in [2.75, 3.05) is 13.7 Å². The summed E-state index contributed by atoms with van der Waals surface area (Å²) in [5.41, 5.74) is 5.59. The first-order chi connectivity index (χ1) is 8.40. The molecule has 3 nitrogen and oxygen atoms in total. The molecule has 18 heavy (non-hydrogen) atoms. The third-order valence-electron chi connectivity index (χ3n) is 2.63. The lowest BCUT2D eigenvalue weighted by atomic mass is 10.00. The van der Waals surface area contributed by atoms with Gasteiger partial charge in [0.25, 0.3) is 0 Å². The van der Waals surface area contributed by atoms with Crippen LogP contribution in [0.5, 0.6) is 5.75 Å². The molecule has 0 fully saturated rings. The van der Waals surface area contributed by atoms with Gasteiger partial charge in [-0.2, -0.15) is 13.2 Å². The number of rotatable bonds is 5. The fourth-order valence-electron chi connectivity index (χ4n) is 1.66. The molecule has 0 aromatic heterocycles. The van der Waals surface area contributed by atoms with E-state index in [1.807, 2.05) is 0 Å². The van der Waals surface area contributed by atoms with E-state index in [-0.39, 0.29) is 12.4 Å². The number of hydrogen-bond acceptors (Lipinski definition) is 3. The first-order valence-electron chi connectivity index (χ1n) is 5.51. The molecule has 1 aromatic rings. The third kappa shape index (κ3) is 3.61. The van der Waals surface area contributed by atoms with Gasteiger partial charge in [0, 0.05) is 18.2 Å². The van der Waals surface area contributed by atoms with Gasteiger partial charge in [-0.25, -0.2) is 0 Å². The Labute approximate surface area is 103 Å². The number of benzene rings is 1. The summed E-state index contributed by atoms with van der Waals surface area (Å²) >= 11 is 0. The Kier molecular flexibility index (Phi) is 4.98. The van der Waals surface area contributed by atoms with Crippen molar-refractivity contribution in [3.63, 3.8) is 0 Å². The molecule has 102 valence electrons. The van der Waals surface area contributed by atoms with Gasteiger partial charge in [0.15, 0.2) is 0 Å². The van der Waals surface area contributed by atoms with Gasteiger partial charge in [-0.3, -0.25) is 0 Å². The Morgan fingerprint density at radius 1 is 1.39 bits per heavy atom. The standard InChI is InChI=1S/C12H16F3NO2/c1-18-11-7-8(12(13,14)15)4-5-9(11)10(16)3-2-6-17/h4-5,7,10,17H,2-3,6,16H2,1H3/t10-/m0/s1. The molecule has 1 aromatic carbocycles. The van der Waals surface area contributed by atoms with E-state index in [0.717, 1.165) is 12.1 Å². The molecule has 0 amide bonds. The topological polar surface area (TPSA) is 55.5 Å². The molecule has 0 aliphatic heterocycles. The molecule has 0 bridgehead atoms. The molecule has 0 heterocycles. The number of nitrogens with two attached hydrogens (primary N) is 1. The smallest absolute Gasteiger partial charge is 0.416 e. The monoisotopic (exact) mass is 263 g/mol. The van der Waals surface area contributed by atoms with E-state index >= 15 is 0 Å². The summed E-state index contributed by atoms with van der Waals surface area (Å²) < 4.78 is 42.5. The van der Waals surface area contributed by atoms with Crippen molar-refractivity contribution in [3.8, 4) is 5.75 Å². The molecule has 1 atom stereocenters. The lowest BCUT2D eigenvalue weighted by Gasteiger charge is -2.17. The second kappa shape index (κ2) is 6.06. The maximum absolute atomic E-state index is 12.5. The summed E-state index contributed by atoms with van der Waals surface area (Å²) in [7, 11) is 1.30. The molecule has 6 heteroatoms. The van der Waals surface area contributed by atoms with E-state index in [4.69, 9.17) is 15.6 Å². The number of alkyl halides is 3. The van der Waals surface area contributed by atoms with Crippen LogP contribution in [0.25, 0.3) is 0 Å². The number of aliphatic hydroxyl groups excluding tert-OH is 1. The van der Waals surface area contributed by atoms with Crippen molar-refractivity contribution in [2.24, 2.45) is 5.73 Å². The zero-order valence-electron chi connectivity index (χ0n) is 10.00. The van der Waals surface area contributed by atoms with Crippen LogP contribution in [0.3, 0.4) is 0 Å². The summed E-state index contributed by atoms with van der Waals surface area (Å²) in [6, 6.07) is 2.79. The Hall–Kier alpha value is -1.27. The lowest BCUT2D eigenvalue weighted by Crippen LogP contribution is -2.13. The van der Waals surface area contributed by atoms with E-state index < -0.39 is 17.8 Å². The molecule has 0 spiro atoms. The molecule has 0 saturated heterocycles. The number of hydrogen-bond donors (Lipinski definition) is 2. The minimum absolute atomic E-state index is 0.00332. The molecule has 0 aliphatic carbocycles. The van der Waals surface area contributed by atoms with Crippen LogP contribution < -0.4 is 10.5 Å². The van der Waals surface area contributed by atoms with Crippen LogP contribution in [0.4, 0.5) is 13.2 Å². The fraction of sp³-hybridized carbons (Fsp3) is 0.500. The highest BCUT2D eigenvalue weighted by atomic mass is 19.4. The molecule has 0 saturated carbocycles. The van der Waals surface area contributed by atoms with Crippen molar-refractivity contribution in [1.29, 1.82) is 0 Å². The van der Waals surface area contributed by atoms with Gasteiger partial charge < -0.3 is 15.6 Å². The van der Waals surface area contributed by atoms with E-state index in [1.165, 1.54) is 13.2 Å². The zero-order chi connectivity index (χ0) is 13.8. The highest BCUT2D eigenvalue weighted by Gasteiger charge is 2.31. The molecular formula is C12H16F3NO2. The normalized spacial score (nSPS) is 13.4. The van der Waals surface area contributed by atoms with Gasteiger partial charge in [-0.05, 0) is 25.0 Å². The maximum Gasteiger partial charge on any atom is 0.416 e. The Bertz CT molecular complexity index is 393. The number of halogens is 3. The van der Waals surface area contributed by atoms with E-state index in [9.17, 15) is 13.2 Å². The minimum atomic E-state index is -4.40. The summed E-state index contributed by atoms with van der Waals surface area (Å²) in [5, 5.41) is 8.70. The van der Waals surface area contributed by atoms with Gasteiger partial charge in [-0.15, -0.1) is 0 Å². The summed E-state index contributed by atoms with van der Waals surface area (Å²) in [4.78, 5) is 0. The number of aliphatic hydroxyl groups is 1. The van der Waals surface area contributed by atoms with Gasteiger partial charge in [-0.1, -0.05) is 6.07 Å². The lowest BCUT2D eigenvalue weighted by molar-refractivity contribution is -0.137. The molecule has 0 aliphatic rings. The Morgan fingerprint density at radius 2 is 2.06 bits per heavy atom. The van der Waals surface area contributed by atoms with Crippen molar-refractivity contribution >= 4 is 0 Å². The zero-order valence-corrected chi connectivity index (χ0v) is 10.00. The van der Waals surface area contributed by atoms with Crippen LogP contribution >= 0.6 is 0 Å². The van der Waals surface area contributed by atoms with E-state index in [0.29, 0.717) is 18.4 Å². The van der Waals surface area contributed by atoms with Crippen LogP contribution in [0.15, 0.2) is 18.2 Å². The van der Waals surface area contributed by atoms with Crippen LogP contribution in [0, 0.1) is 0 Å². The molecule has 3 N–H and O–H groups in total. The van der Waals surface area contributed by atoms with Crippen molar-refractivity contribution in [2.45, 2.75) is 25.1 Å². The highest BCUT2D eigenvalue weighted by Crippen LogP contribution is 2.35. The predicted molar refractivity (Wildman–Crippen MR) is 61.2 cm³/mol. The van der Waals surface area contributed by atoms with Gasteiger partial charge >= 0.3 is 6.18 Å². The SMILES string of the molecule is COc1cc(C(F)(F)F)ccc1[C@@H](N)CCCO. The van der Waals surface area contributed by atoms with Crippen LogP contribution in [0.2, 0.25) is 0 Å². The van der Waals surface area contributed by atoms with Crippen LogP contribution in [-0.2, 0) is 6.18 Å². The van der Waals surface area contributed by atoms with Gasteiger partial charge in [0.2, 0.25) is 0 Å². The maximum atomic E-state index is 12.5. The number of ether oxygens (including phenoxy) is 1. The first-order valence-corrected chi connectivity index (χ1v) is 5.51. The van der Waals surface area contributed by atoms with E-state index in [2.05, 4.69) is 0 Å². The van der Waals surface area contributed by atoms with Gasteiger partial charge in [0.1, 0.15) is 5.75 Å². The minimum Gasteiger partial charge on any atom is -0.496 e. The average molecular weight is 263 g/mol. The first kappa shape index (κ1) is 14.8. The predicted octanol–water partition coefficient (Wildman–Crippen LogP) is 2.49. The average Bonchev–Trinajstić information content (AvgIpc) is 2.34. The van der Waals surface area contributed by atoms with E-state index in [1.54, 1.807) is 0 Å². The van der Waals surface area contributed by atoms with Crippen molar-refractivity contribution in [1.82, 2.24) is 0 Å². The van der Waals surface area contributed by atoms with Crippen LogP contribution in [-0.4, -0.2) is 18.8 Å². The second-order valence-electron chi connectivity index (χ2n) is 3.93. The molecular weight excluding hydrogens is 247 g/mol. The van der Waals surface area contributed by atoms with Gasteiger partial charge in [0.05, 0.1) is 12.7 Å². The second-order valence-corrected chi connectivity index (χ2v) is 3.93. The summed E-state index contributed by atoms with van der Waals surface area (Å²) in [5.74, 6) is 0.121. The summed E-state index contributed by atoms with van der Waals surface area (Å²) in [6.07, 6.45) is -3.43. The Morgan fingerprint density at radius 3 is 2.56 bits per heavy atom. The number of methoxy groups -OCH3 is 1. The van der Waals surface area contributed by atoms with Crippen molar-refractivity contribution in [3.05, 3.63) is 29.3 Å². The van der Waals surface area contributed by atoms with Crippen LogP contribution in [0.1, 0.15) is 30.0 Å². The highest BCUT2D eigenvalue weighted by molar-refractivity contribution is 5.40. The molecule has 1 rings (SSSR count).